The maximum atomic E-state index is 4.72. The SMILES string of the molecule is C1COC1.O.O.O.O.O.O.O.O.O.O.O.O.O.O.O.O.O. The van der Waals surface area contributed by atoms with E-state index in [4.69, 9.17) is 4.74 Å². The number of hydrogen-bond donors (Lipinski definition) is 0. The van der Waals surface area contributed by atoms with Gasteiger partial charge in [0.15, 0.2) is 0 Å². The Hall–Kier alpha value is -0.720. The van der Waals surface area contributed by atoms with Crippen molar-refractivity contribution >= 4 is 0 Å². The predicted molar refractivity (Wildman–Crippen MR) is 76.9 cm³/mol. The summed E-state index contributed by atoms with van der Waals surface area (Å²) in [7, 11) is 0. The zero-order valence-corrected chi connectivity index (χ0v) is 11.0. The first kappa shape index (κ1) is 701. The van der Waals surface area contributed by atoms with Crippen LogP contribution in [0, 0.1) is 0 Å². The summed E-state index contributed by atoms with van der Waals surface area (Å²) in [6, 6.07) is 0. The van der Waals surface area contributed by atoms with Crippen LogP contribution in [-0.2, 0) is 4.74 Å². The lowest BCUT2D eigenvalue weighted by molar-refractivity contribution is 0.0367. The first-order valence-electron chi connectivity index (χ1n) is 1.58. The second kappa shape index (κ2) is 599. The zero-order chi connectivity index (χ0) is 2.83. The van der Waals surface area contributed by atoms with Gasteiger partial charge in [-0.2, -0.15) is 0 Å². The van der Waals surface area contributed by atoms with Gasteiger partial charge in [0.2, 0.25) is 0 Å². The molecule has 1 saturated heterocycles. The third kappa shape index (κ3) is 535. The van der Waals surface area contributed by atoms with Crippen molar-refractivity contribution in [3.05, 3.63) is 0 Å². The molecule has 1 aliphatic heterocycles. The van der Waals surface area contributed by atoms with E-state index in [1.807, 2.05) is 0 Å². The zero-order valence-electron chi connectivity index (χ0n) is 11.0. The Morgan fingerprint density at radius 2 is 0.333 bits per heavy atom. The first-order valence-corrected chi connectivity index (χ1v) is 1.58. The van der Waals surface area contributed by atoms with Crippen LogP contribution in [0.15, 0.2) is 0 Å². The lowest BCUT2D eigenvalue weighted by Crippen LogP contribution is -2.09. The van der Waals surface area contributed by atoms with Crippen molar-refractivity contribution in [2.45, 2.75) is 6.42 Å². The highest BCUT2D eigenvalue weighted by Gasteiger charge is 1.94. The molecule has 0 aromatic rings. The largest absolute Gasteiger partial charge is 0.412 e. The molecule has 18 nitrogen and oxygen atoms in total. The number of hydrogen-bond acceptors (Lipinski definition) is 1. The molecule has 0 aliphatic carbocycles. The molecular formula is C3H40O18. The van der Waals surface area contributed by atoms with Gasteiger partial charge in [0.25, 0.3) is 0 Å². The molecule has 0 unspecified atom stereocenters. The van der Waals surface area contributed by atoms with Gasteiger partial charge < -0.3 is 97.8 Å². The van der Waals surface area contributed by atoms with E-state index in [0.29, 0.717) is 0 Å². The molecular weight excluding hydrogens is 324 g/mol. The van der Waals surface area contributed by atoms with E-state index in [9.17, 15) is 0 Å². The van der Waals surface area contributed by atoms with Gasteiger partial charge in [-0.1, -0.05) is 0 Å². The van der Waals surface area contributed by atoms with E-state index >= 15 is 0 Å². The summed E-state index contributed by atoms with van der Waals surface area (Å²) in [5.41, 5.74) is 0. The molecule has 0 aromatic heterocycles. The van der Waals surface area contributed by atoms with E-state index < -0.39 is 0 Å². The van der Waals surface area contributed by atoms with Crippen LogP contribution in [0.5, 0.6) is 0 Å². The molecule has 1 heterocycles. The normalized spacial score (nSPS) is 4.57. The van der Waals surface area contributed by atoms with Gasteiger partial charge in [0.1, 0.15) is 0 Å². The highest BCUT2D eigenvalue weighted by atomic mass is 16.5. The molecule has 1 fully saturated rings. The first-order chi connectivity index (χ1) is 2.00. The van der Waals surface area contributed by atoms with Gasteiger partial charge in [-0.15, -0.1) is 0 Å². The highest BCUT2D eigenvalue weighted by molar-refractivity contribution is 4.41. The molecule has 0 aromatic carbocycles. The summed E-state index contributed by atoms with van der Waals surface area (Å²) in [4.78, 5) is 0. The van der Waals surface area contributed by atoms with Gasteiger partial charge in [0, 0.05) is 13.2 Å². The molecule has 0 saturated carbocycles. The van der Waals surface area contributed by atoms with Gasteiger partial charge >= 0.3 is 0 Å². The average molecular weight is 364 g/mol. The highest BCUT2D eigenvalue weighted by Crippen LogP contribution is 1.93. The number of rotatable bonds is 0. The van der Waals surface area contributed by atoms with Crippen LogP contribution in [0.2, 0.25) is 0 Å². The van der Waals surface area contributed by atoms with Crippen LogP contribution in [0.3, 0.4) is 0 Å². The van der Waals surface area contributed by atoms with E-state index in [2.05, 4.69) is 0 Å². The molecule has 18 heteroatoms. The van der Waals surface area contributed by atoms with Gasteiger partial charge in [-0.05, 0) is 6.42 Å². The third-order valence-electron chi connectivity index (χ3n) is 0.577. The minimum atomic E-state index is 0. The van der Waals surface area contributed by atoms with E-state index in [-0.39, 0.29) is 93.1 Å². The Bertz CT molecular complexity index is 20.4. The van der Waals surface area contributed by atoms with Crippen molar-refractivity contribution in [2.75, 3.05) is 13.2 Å². The maximum Gasteiger partial charge on any atom is 0.0488 e. The Morgan fingerprint density at radius 1 is 0.286 bits per heavy atom. The van der Waals surface area contributed by atoms with Crippen LogP contribution in [0.25, 0.3) is 0 Å². The van der Waals surface area contributed by atoms with Crippen molar-refractivity contribution in [3.8, 4) is 0 Å². The summed E-state index contributed by atoms with van der Waals surface area (Å²) in [6.07, 6.45) is 1.28. The van der Waals surface area contributed by atoms with Crippen molar-refractivity contribution in [2.24, 2.45) is 0 Å². The van der Waals surface area contributed by atoms with E-state index in [0.717, 1.165) is 13.2 Å². The summed E-state index contributed by atoms with van der Waals surface area (Å²) < 4.78 is 4.72. The lowest BCUT2D eigenvalue weighted by Gasteiger charge is -2.09. The minimum Gasteiger partial charge on any atom is -0.412 e. The smallest absolute Gasteiger partial charge is 0.0488 e. The molecule has 0 spiro atoms. The number of ether oxygens (including phenoxy) is 1. The summed E-state index contributed by atoms with van der Waals surface area (Å²) in [6.45, 7) is 2.00. The Kier molecular flexibility index (Phi) is 20000. The molecule has 1 rings (SSSR count). The Labute approximate surface area is 119 Å². The molecule has 0 amide bonds. The molecule has 0 bridgehead atoms. The summed E-state index contributed by atoms with van der Waals surface area (Å²) in [5.74, 6) is 0. The summed E-state index contributed by atoms with van der Waals surface area (Å²) in [5, 5.41) is 0. The molecule has 160 valence electrons. The average Bonchev–Trinajstić information content (AvgIpc) is 0.722. The van der Waals surface area contributed by atoms with Crippen LogP contribution in [-0.4, -0.2) is 106 Å². The quantitative estimate of drug-likeness (QED) is 0.396. The topological polar surface area (TPSA) is 545 Å². The standard InChI is InChI=1S/C3H6O.17H2O/c1-2-4-3-1;;;;;;;;;;;;;;;;;/h1-3H2;17*1H2. The van der Waals surface area contributed by atoms with Crippen LogP contribution in [0.1, 0.15) is 6.42 Å². The summed E-state index contributed by atoms with van der Waals surface area (Å²) >= 11 is 0. The predicted octanol–water partition coefficient (Wildman–Crippen LogP) is -13.6. The van der Waals surface area contributed by atoms with Gasteiger partial charge in [0.05, 0.1) is 0 Å². The van der Waals surface area contributed by atoms with Gasteiger partial charge in [-0.3, -0.25) is 0 Å². The van der Waals surface area contributed by atoms with Crippen molar-refractivity contribution < 1.29 is 97.8 Å². The van der Waals surface area contributed by atoms with Crippen molar-refractivity contribution in [3.63, 3.8) is 0 Å². The van der Waals surface area contributed by atoms with Crippen LogP contribution in [0.4, 0.5) is 0 Å². The second-order valence-corrected chi connectivity index (χ2v) is 0.966. The third-order valence-corrected chi connectivity index (χ3v) is 0.577. The van der Waals surface area contributed by atoms with Crippen LogP contribution >= 0.6 is 0 Å². The lowest BCUT2D eigenvalue weighted by atomic mass is 10.4. The van der Waals surface area contributed by atoms with Crippen LogP contribution < -0.4 is 0 Å². The van der Waals surface area contributed by atoms with Crippen molar-refractivity contribution in [1.82, 2.24) is 0 Å². The monoisotopic (exact) mass is 364 g/mol. The van der Waals surface area contributed by atoms with E-state index in [1.54, 1.807) is 0 Å². The van der Waals surface area contributed by atoms with E-state index in [1.165, 1.54) is 6.42 Å². The molecule has 0 atom stereocenters. The maximum absolute atomic E-state index is 4.72. The fourth-order valence-corrected chi connectivity index (χ4v) is 0.144. The molecule has 0 radical (unpaired) electrons. The molecule has 21 heavy (non-hydrogen) atoms. The fourth-order valence-electron chi connectivity index (χ4n) is 0.144. The molecule has 1 aliphatic rings. The minimum absolute atomic E-state index is 0. The Balaban J connectivity index is -0.000000000627. The Morgan fingerprint density at radius 3 is 0.333 bits per heavy atom. The molecule has 34 N–H and O–H groups in total. The second-order valence-electron chi connectivity index (χ2n) is 0.966. The van der Waals surface area contributed by atoms with Gasteiger partial charge in [-0.25, -0.2) is 0 Å². The van der Waals surface area contributed by atoms with Crippen molar-refractivity contribution in [1.29, 1.82) is 0 Å². The fraction of sp³-hybridized carbons (Fsp3) is 1.00.